The second-order valence-electron chi connectivity index (χ2n) is 5.01. The molecule has 0 saturated carbocycles. The zero-order chi connectivity index (χ0) is 16.3. The zero-order valence-corrected chi connectivity index (χ0v) is 11.9. The van der Waals surface area contributed by atoms with Crippen molar-refractivity contribution in [3.8, 4) is 0 Å². The van der Waals surface area contributed by atoms with Crippen LogP contribution in [0.4, 0.5) is 8.78 Å². The third kappa shape index (κ3) is 3.75. The number of hydrogen-bond donors (Lipinski definition) is 1. The van der Waals surface area contributed by atoms with Gasteiger partial charge in [-0.1, -0.05) is 6.08 Å². The zero-order valence-electron chi connectivity index (χ0n) is 11.9. The van der Waals surface area contributed by atoms with Gasteiger partial charge in [0.05, 0.1) is 23.8 Å². The largest absolute Gasteiger partial charge is 0.478 e. The van der Waals surface area contributed by atoms with Gasteiger partial charge < -0.3 is 14.7 Å². The number of carbonyl (C=O) groups excluding carboxylic acids is 1. The maximum absolute atomic E-state index is 13.8. The van der Waals surface area contributed by atoms with Crippen molar-refractivity contribution in [2.45, 2.75) is 6.10 Å². The second-order valence-corrected chi connectivity index (χ2v) is 5.01. The van der Waals surface area contributed by atoms with Gasteiger partial charge in [-0.25, -0.2) is 13.6 Å². The molecular weight excluding hydrogens is 296 g/mol. The average molecular weight is 311 g/mol. The molecule has 1 fully saturated rings. The number of likely N-dealkylation sites (N-methyl/N-ethyl adjacent to an activating group) is 1. The van der Waals surface area contributed by atoms with Crippen LogP contribution in [0, 0.1) is 11.6 Å². The molecule has 0 spiro atoms. The summed E-state index contributed by atoms with van der Waals surface area (Å²) in [7, 11) is 1.90. The van der Waals surface area contributed by atoms with Crippen LogP contribution in [0.5, 0.6) is 0 Å². The fourth-order valence-electron chi connectivity index (χ4n) is 2.14. The van der Waals surface area contributed by atoms with E-state index in [1.807, 2.05) is 11.9 Å². The van der Waals surface area contributed by atoms with Gasteiger partial charge in [-0.3, -0.25) is 4.79 Å². The highest BCUT2D eigenvalue weighted by Crippen LogP contribution is 2.17. The van der Waals surface area contributed by atoms with Crippen LogP contribution in [0.1, 0.15) is 20.7 Å². The molecule has 118 valence electrons. The number of carbonyl (C=O) groups is 2. The van der Waals surface area contributed by atoms with Crippen molar-refractivity contribution in [2.24, 2.45) is 0 Å². The quantitative estimate of drug-likeness (QED) is 0.677. The smallest absolute Gasteiger partial charge is 0.335 e. The Morgan fingerprint density at radius 2 is 2.00 bits per heavy atom. The number of aromatic carboxylic acids is 1. The second kappa shape index (κ2) is 6.76. The lowest BCUT2D eigenvalue weighted by atomic mass is 10.1. The number of morpholine rings is 1. The van der Waals surface area contributed by atoms with Gasteiger partial charge in [0.2, 0.25) is 0 Å². The van der Waals surface area contributed by atoms with Gasteiger partial charge in [-0.05, 0) is 25.3 Å². The summed E-state index contributed by atoms with van der Waals surface area (Å²) in [6.45, 7) is 1.86. The Hall–Kier alpha value is -2.12. The monoisotopic (exact) mass is 311 g/mol. The molecule has 0 aliphatic carbocycles. The van der Waals surface area contributed by atoms with Gasteiger partial charge in [0.1, 0.15) is 11.6 Å². The Morgan fingerprint density at radius 1 is 1.36 bits per heavy atom. The third-order valence-corrected chi connectivity index (χ3v) is 3.29. The topological polar surface area (TPSA) is 66.8 Å². The molecule has 0 bridgehead atoms. The lowest BCUT2D eigenvalue weighted by Crippen LogP contribution is -2.38. The van der Waals surface area contributed by atoms with E-state index in [9.17, 15) is 18.4 Å². The first kappa shape index (κ1) is 16.3. The van der Waals surface area contributed by atoms with Gasteiger partial charge >= 0.3 is 5.97 Å². The molecule has 1 saturated heterocycles. The summed E-state index contributed by atoms with van der Waals surface area (Å²) >= 11 is 0. The first-order valence-corrected chi connectivity index (χ1v) is 6.63. The number of hydrogen-bond acceptors (Lipinski definition) is 4. The molecule has 22 heavy (non-hydrogen) atoms. The van der Waals surface area contributed by atoms with Crippen molar-refractivity contribution < 1.29 is 28.2 Å². The normalized spacial score (nSPS) is 19.5. The van der Waals surface area contributed by atoms with Crippen LogP contribution < -0.4 is 0 Å². The summed E-state index contributed by atoms with van der Waals surface area (Å²) < 4.78 is 32.9. The minimum atomic E-state index is -1.47. The molecule has 2 rings (SSSR count). The number of benzene rings is 1. The van der Waals surface area contributed by atoms with Crippen LogP contribution in [-0.2, 0) is 4.74 Å². The van der Waals surface area contributed by atoms with Crippen LogP contribution in [-0.4, -0.2) is 54.6 Å². The van der Waals surface area contributed by atoms with E-state index in [0.717, 1.165) is 12.6 Å². The number of allylic oxidation sites excluding steroid dienone is 1. The predicted octanol–water partition coefficient (Wildman–Crippen LogP) is 1.73. The van der Waals surface area contributed by atoms with Crippen LogP contribution in [0.25, 0.3) is 0 Å². The predicted molar refractivity (Wildman–Crippen MR) is 74.0 cm³/mol. The fourth-order valence-corrected chi connectivity index (χ4v) is 2.14. The van der Waals surface area contributed by atoms with Crippen molar-refractivity contribution in [1.82, 2.24) is 4.90 Å². The highest BCUT2D eigenvalue weighted by molar-refractivity contribution is 6.05. The van der Waals surface area contributed by atoms with Crippen LogP contribution in [0.2, 0.25) is 0 Å². The molecule has 1 unspecified atom stereocenters. The Labute approximate surface area is 125 Å². The fraction of sp³-hybridized carbons (Fsp3) is 0.333. The molecular formula is C15H15F2NO4. The molecule has 0 amide bonds. The summed E-state index contributed by atoms with van der Waals surface area (Å²) in [4.78, 5) is 24.6. The van der Waals surface area contributed by atoms with Gasteiger partial charge in [-0.15, -0.1) is 0 Å². The molecule has 1 aromatic rings. The number of nitrogens with zero attached hydrogens (tertiary/aromatic N) is 1. The minimum absolute atomic E-state index is 0.327. The first-order chi connectivity index (χ1) is 10.4. The van der Waals surface area contributed by atoms with Crippen molar-refractivity contribution in [3.63, 3.8) is 0 Å². The van der Waals surface area contributed by atoms with Gasteiger partial charge in [-0.2, -0.15) is 0 Å². The van der Waals surface area contributed by atoms with E-state index in [1.165, 1.54) is 6.08 Å². The number of carboxylic acid groups (broad SMARTS) is 1. The summed E-state index contributed by atoms with van der Waals surface area (Å²) in [6.07, 6.45) is 2.17. The Bertz CT molecular complexity index is 607. The number of ether oxygens (including phenoxy) is 1. The Balaban J connectivity index is 2.17. The van der Waals surface area contributed by atoms with Crippen LogP contribution in [0.15, 0.2) is 24.3 Å². The number of carboxylic acids is 1. The van der Waals surface area contributed by atoms with Crippen molar-refractivity contribution >= 4 is 11.8 Å². The van der Waals surface area contributed by atoms with Crippen molar-refractivity contribution in [1.29, 1.82) is 0 Å². The highest BCUT2D eigenvalue weighted by atomic mass is 19.1. The lowest BCUT2D eigenvalue weighted by Gasteiger charge is -2.28. The van der Waals surface area contributed by atoms with E-state index >= 15 is 0 Å². The minimum Gasteiger partial charge on any atom is -0.478 e. The summed E-state index contributed by atoms with van der Waals surface area (Å²) in [5.41, 5.74) is -1.32. The van der Waals surface area contributed by atoms with Gasteiger partial charge in [0.15, 0.2) is 5.78 Å². The third-order valence-electron chi connectivity index (χ3n) is 3.29. The molecule has 1 heterocycles. The number of ketones is 1. The molecule has 1 aromatic carbocycles. The van der Waals surface area contributed by atoms with E-state index < -0.39 is 34.5 Å². The average Bonchev–Trinajstić information content (AvgIpc) is 2.44. The van der Waals surface area contributed by atoms with Gasteiger partial charge in [0.25, 0.3) is 0 Å². The van der Waals surface area contributed by atoms with E-state index in [2.05, 4.69) is 0 Å². The molecule has 0 aromatic heterocycles. The van der Waals surface area contributed by atoms with Crippen LogP contribution in [0.3, 0.4) is 0 Å². The lowest BCUT2D eigenvalue weighted by molar-refractivity contribution is 0.00687. The summed E-state index contributed by atoms with van der Waals surface area (Å²) in [5, 5.41) is 8.71. The number of rotatable bonds is 4. The molecule has 1 atom stereocenters. The van der Waals surface area contributed by atoms with Crippen LogP contribution >= 0.6 is 0 Å². The molecule has 1 aliphatic rings. The maximum Gasteiger partial charge on any atom is 0.335 e. The molecule has 0 radical (unpaired) electrons. The molecule has 7 heteroatoms. The molecule has 1 aliphatic heterocycles. The summed E-state index contributed by atoms with van der Waals surface area (Å²) in [6, 6.07) is 1.24. The van der Waals surface area contributed by atoms with E-state index in [1.54, 1.807) is 0 Å². The first-order valence-electron chi connectivity index (χ1n) is 6.63. The summed E-state index contributed by atoms with van der Waals surface area (Å²) in [5.74, 6) is -4.74. The van der Waals surface area contributed by atoms with E-state index in [4.69, 9.17) is 9.84 Å². The number of halogens is 2. The Morgan fingerprint density at radius 3 is 2.55 bits per heavy atom. The van der Waals surface area contributed by atoms with Crippen molar-refractivity contribution in [3.05, 3.63) is 47.0 Å². The molecule has 1 N–H and O–H groups in total. The van der Waals surface area contributed by atoms with Gasteiger partial charge in [0, 0.05) is 13.1 Å². The van der Waals surface area contributed by atoms with E-state index in [-0.39, 0.29) is 6.10 Å². The maximum atomic E-state index is 13.8. The Kier molecular flexibility index (Phi) is 4.99. The standard InChI is InChI=1S/C15H15F2NO4/c1-18-4-5-22-10(8-18)2-3-13(19)14-11(16)6-9(15(20)21)7-12(14)17/h2-3,6-7,10H,4-5,8H2,1H3,(H,20,21)/b3-2+. The molecule has 5 nitrogen and oxygen atoms in total. The highest BCUT2D eigenvalue weighted by Gasteiger charge is 2.20. The SMILES string of the molecule is CN1CCOC(/C=C/C(=O)c2c(F)cc(C(=O)O)cc2F)C1. The van der Waals surface area contributed by atoms with Crippen molar-refractivity contribution in [2.75, 3.05) is 26.7 Å². The van der Waals surface area contributed by atoms with E-state index in [0.29, 0.717) is 25.3 Å².